The van der Waals surface area contributed by atoms with Gasteiger partial charge in [0.15, 0.2) is 8.32 Å². The lowest BCUT2D eigenvalue weighted by molar-refractivity contribution is -0.154. The summed E-state index contributed by atoms with van der Waals surface area (Å²) in [6.07, 6.45) is 5.98. The van der Waals surface area contributed by atoms with Gasteiger partial charge in [-0.3, -0.25) is 4.79 Å². The van der Waals surface area contributed by atoms with Crippen molar-refractivity contribution in [3.63, 3.8) is 0 Å². The van der Waals surface area contributed by atoms with Crippen molar-refractivity contribution in [3.8, 4) is 0 Å². The zero-order valence-electron chi connectivity index (χ0n) is 12.9. The third-order valence-electron chi connectivity index (χ3n) is 2.67. The summed E-state index contributed by atoms with van der Waals surface area (Å²) in [5.41, 5.74) is -0.654. The highest BCUT2D eigenvalue weighted by Gasteiger charge is 2.39. The third-order valence-corrected chi connectivity index (χ3v) is 3.63. The first-order valence-electron chi connectivity index (χ1n) is 6.58. The first-order valence-corrected chi connectivity index (χ1v) is 9.99. The lowest BCUT2D eigenvalue weighted by atomic mass is 9.86. The van der Waals surface area contributed by atoms with E-state index in [1.54, 1.807) is 0 Å². The van der Waals surface area contributed by atoms with Crippen LogP contribution in [0.15, 0.2) is 12.2 Å². The van der Waals surface area contributed by atoms with Crippen molar-refractivity contribution in [2.75, 3.05) is 7.11 Å². The summed E-state index contributed by atoms with van der Waals surface area (Å²) in [6, 6.07) is 0. The van der Waals surface area contributed by atoms with E-state index in [2.05, 4.69) is 32.6 Å². The average molecular weight is 272 g/mol. The van der Waals surface area contributed by atoms with Crippen molar-refractivity contribution in [1.82, 2.24) is 0 Å². The van der Waals surface area contributed by atoms with Crippen LogP contribution in [0.5, 0.6) is 0 Å². The fourth-order valence-electron chi connectivity index (χ4n) is 1.57. The van der Waals surface area contributed by atoms with Crippen molar-refractivity contribution in [2.45, 2.75) is 59.4 Å². The fraction of sp³-hybridized carbons (Fsp3) is 0.786. The molecule has 0 saturated carbocycles. The van der Waals surface area contributed by atoms with E-state index < -0.39 is 13.7 Å². The van der Waals surface area contributed by atoms with E-state index in [4.69, 9.17) is 9.16 Å². The molecule has 0 aliphatic carbocycles. The molecule has 0 rings (SSSR count). The van der Waals surface area contributed by atoms with E-state index in [0.717, 1.165) is 12.8 Å². The van der Waals surface area contributed by atoms with E-state index >= 15 is 0 Å². The van der Waals surface area contributed by atoms with Crippen LogP contribution < -0.4 is 0 Å². The zero-order valence-corrected chi connectivity index (χ0v) is 13.9. The topological polar surface area (TPSA) is 35.5 Å². The van der Waals surface area contributed by atoms with Gasteiger partial charge in [-0.2, -0.15) is 0 Å². The average Bonchev–Trinajstić information content (AvgIpc) is 2.25. The smallest absolute Gasteiger partial charge is 0.314 e. The van der Waals surface area contributed by atoms with Crippen LogP contribution in [-0.2, 0) is 14.0 Å². The zero-order chi connectivity index (χ0) is 14.4. The normalized spacial score (nSPS) is 14.8. The Kier molecular flexibility index (Phi) is 6.85. The molecule has 0 radical (unpaired) electrons. The van der Waals surface area contributed by atoms with E-state index in [9.17, 15) is 4.79 Å². The van der Waals surface area contributed by atoms with Crippen LogP contribution in [0.4, 0.5) is 0 Å². The van der Waals surface area contributed by atoms with E-state index in [1.165, 1.54) is 7.11 Å². The maximum absolute atomic E-state index is 11.9. The Bertz CT molecular complexity index is 290. The Hall–Kier alpha value is -0.613. The summed E-state index contributed by atoms with van der Waals surface area (Å²) in [5, 5.41) is 0. The second-order valence-corrected chi connectivity index (χ2v) is 10.5. The van der Waals surface area contributed by atoms with E-state index in [1.807, 2.05) is 19.9 Å². The van der Waals surface area contributed by atoms with Crippen molar-refractivity contribution >= 4 is 14.3 Å². The molecule has 3 nitrogen and oxygen atoms in total. The van der Waals surface area contributed by atoms with Gasteiger partial charge in [-0.15, -0.1) is 0 Å². The van der Waals surface area contributed by atoms with Crippen LogP contribution in [0.1, 0.15) is 33.6 Å². The van der Waals surface area contributed by atoms with Gasteiger partial charge in [-0.05, 0) is 39.9 Å². The molecule has 0 saturated heterocycles. The van der Waals surface area contributed by atoms with Crippen molar-refractivity contribution in [3.05, 3.63) is 12.2 Å². The molecule has 0 N–H and O–H groups in total. The van der Waals surface area contributed by atoms with Gasteiger partial charge >= 0.3 is 5.97 Å². The lowest BCUT2D eigenvalue weighted by Crippen LogP contribution is -2.44. The van der Waals surface area contributed by atoms with E-state index in [-0.39, 0.29) is 12.1 Å². The Morgan fingerprint density at radius 1 is 1.33 bits per heavy atom. The highest BCUT2D eigenvalue weighted by molar-refractivity contribution is 6.69. The summed E-state index contributed by atoms with van der Waals surface area (Å²) in [7, 11) is -0.286. The summed E-state index contributed by atoms with van der Waals surface area (Å²) < 4.78 is 11.0. The van der Waals surface area contributed by atoms with Crippen LogP contribution >= 0.6 is 0 Å². The number of rotatable bonds is 7. The van der Waals surface area contributed by atoms with Gasteiger partial charge in [0, 0.05) is 0 Å². The summed E-state index contributed by atoms with van der Waals surface area (Å²) >= 11 is 0. The van der Waals surface area contributed by atoms with Crippen LogP contribution in [-0.4, -0.2) is 27.5 Å². The molecule has 0 aliphatic rings. The molecular weight excluding hydrogens is 244 g/mol. The van der Waals surface area contributed by atoms with Crippen LogP contribution in [0.3, 0.4) is 0 Å². The first kappa shape index (κ1) is 17.4. The molecule has 0 aromatic rings. The minimum Gasteiger partial charge on any atom is -0.469 e. The molecule has 0 amide bonds. The first-order chi connectivity index (χ1) is 8.15. The second-order valence-electron chi connectivity index (χ2n) is 6.08. The third kappa shape index (κ3) is 5.82. The van der Waals surface area contributed by atoms with E-state index in [0.29, 0.717) is 0 Å². The SMILES string of the molecule is CCC/C=C/C(O[Si](C)(C)C)C(C)(C)C(=O)OC. The van der Waals surface area contributed by atoms with Gasteiger partial charge in [-0.25, -0.2) is 0 Å². The summed E-state index contributed by atoms with van der Waals surface area (Å²) in [4.78, 5) is 11.9. The molecule has 1 unspecified atom stereocenters. The van der Waals surface area contributed by atoms with Crippen LogP contribution in [0.2, 0.25) is 19.6 Å². The molecule has 4 heteroatoms. The Balaban J connectivity index is 5.01. The molecule has 18 heavy (non-hydrogen) atoms. The molecule has 0 aromatic carbocycles. The number of ether oxygens (including phenoxy) is 1. The molecule has 0 fully saturated rings. The van der Waals surface area contributed by atoms with Crippen LogP contribution in [0.25, 0.3) is 0 Å². The van der Waals surface area contributed by atoms with Gasteiger partial charge in [0.2, 0.25) is 0 Å². The van der Waals surface area contributed by atoms with Crippen molar-refractivity contribution in [1.29, 1.82) is 0 Å². The largest absolute Gasteiger partial charge is 0.469 e. The Labute approximate surface area is 113 Å². The lowest BCUT2D eigenvalue weighted by Gasteiger charge is -2.34. The number of carbonyl (C=O) groups excluding carboxylic acids is 1. The highest BCUT2D eigenvalue weighted by Crippen LogP contribution is 2.29. The Morgan fingerprint density at radius 2 is 1.89 bits per heavy atom. The number of allylic oxidation sites excluding steroid dienone is 1. The maximum atomic E-state index is 11.9. The van der Waals surface area contributed by atoms with Gasteiger partial charge in [0.1, 0.15) is 0 Å². The number of unbranched alkanes of at least 4 members (excludes halogenated alkanes) is 1. The second kappa shape index (κ2) is 7.09. The minimum atomic E-state index is -1.71. The van der Waals surface area contributed by atoms with Crippen molar-refractivity contribution in [2.24, 2.45) is 5.41 Å². The molecule has 0 heterocycles. The maximum Gasteiger partial charge on any atom is 0.314 e. The van der Waals surface area contributed by atoms with Gasteiger partial charge < -0.3 is 9.16 Å². The number of hydrogen-bond donors (Lipinski definition) is 0. The summed E-state index contributed by atoms with van der Waals surface area (Å²) in [5.74, 6) is -0.230. The monoisotopic (exact) mass is 272 g/mol. The number of esters is 1. The number of hydrogen-bond acceptors (Lipinski definition) is 3. The molecule has 0 bridgehead atoms. The summed E-state index contributed by atoms with van der Waals surface area (Å²) in [6.45, 7) is 12.3. The quantitative estimate of drug-likeness (QED) is 0.402. The van der Waals surface area contributed by atoms with Gasteiger partial charge in [0.25, 0.3) is 0 Å². The molecule has 0 aliphatic heterocycles. The van der Waals surface area contributed by atoms with Gasteiger partial charge in [0.05, 0.1) is 18.6 Å². The fourth-order valence-corrected chi connectivity index (χ4v) is 2.71. The predicted octanol–water partition coefficient (Wildman–Crippen LogP) is 3.76. The molecule has 1 atom stereocenters. The number of carbonyl (C=O) groups is 1. The highest BCUT2D eigenvalue weighted by atomic mass is 28.4. The van der Waals surface area contributed by atoms with Gasteiger partial charge in [-0.1, -0.05) is 25.5 Å². The predicted molar refractivity (Wildman–Crippen MR) is 78.1 cm³/mol. The Morgan fingerprint density at radius 3 is 2.28 bits per heavy atom. The molecule has 106 valence electrons. The minimum absolute atomic E-state index is 0.219. The molecule has 0 aromatic heterocycles. The number of methoxy groups -OCH3 is 1. The van der Waals surface area contributed by atoms with Crippen LogP contribution in [0, 0.1) is 5.41 Å². The van der Waals surface area contributed by atoms with Crippen molar-refractivity contribution < 1.29 is 14.0 Å². The molecular formula is C14H28O3Si. The standard InChI is InChI=1S/C14H28O3Si/c1-8-9-10-11-12(17-18(5,6)7)14(2,3)13(15)16-4/h10-12H,8-9H2,1-7H3/b11-10+. The molecule has 0 spiro atoms.